The molecular formula is C22H27N3O2. The molecule has 1 heterocycles. The van der Waals surface area contributed by atoms with Crippen LogP contribution in [0.2, 0.25) is 0 Å². The minimum atomic E-state index is 0.683. The average molecular weight is 365 g/mol. The first-order valence-electron chi connectivity index (χ1n) is 8.98. The van der Waals surface area contributed by atoms with E-state index in [-0.39, 0.29) is 0 Å². The maximum atomic E-state index is 5.43. The van der Waals surface area contributed by atoms with Crippen LogP contribution in [-0.4, -0.2) is 38.7 Å². The quantitative estimate of drug-likeness (QED) is 0.882. The topological polar surface area (TPSA) is 46.1 Å². The van der Waals surface area contributed by atoms with Crippen LogP contribution in [0.5, 0.6) is 11.5 Å². The van der Waals surface area contributed by atoms with Gasteiger partial charge in [0, 0.05) is 24.4 Å². The molecule has 27 heavy (non-hydrogen) atoms. The Hall–Kier alpha value is -2.95. The van der Waals surface area contributed by atoms with Crippen LogP contribution in [0.4, 0.5) is 5.69 Å². The van der Waals surface area contributed by atoms with Crippen LogP contribution in [0.1, 0.15) is 22.3 Å². The van der Waals surface area contributed by atoms with E-state index in [1.165, 1.54) is 16.7 Å². The predicted molar refractivity (Wildman–Crippen MR) is 111 cm³/mol. The highest BCUT2D eigenvalue weighted by atomic mass is 16.5. The summed E-state index contributed by atoms with van der Waals surface area (Å²) in [6, 6.07) is 10.3. The van der Waals surface area contributed by atoms with Crippen molar-refractivity contribution in [3.63, 3.8) is 0 Å². The molecule has 5 nitrogen and oxygen atoms in total. The highest BCUT2D eigenvalue weighted by molar-refractivity contribution is 6.01. The van der Waals surface area contributed by atoms with Gasteiger partial charge in [-0.25, -0.2) is 4.99 Å². The van der Waals surface area contributed by atoms with Gasteiger partial charge >= 0.3 is 0 Å². The molecule has 0 saturated heterocycles. The zero-order chi connectivity index (χ0) is 19.6. The second-order valence-corrected chi connectivity index (χ2v) is 6.88. The summed E-state index contributed by atoms with van der Waals surface area (Å²) in [5.41, 5.74) is 6.71. The van der Waals surface area contributed by atoms with Gasteiger partial charge in [0.1, 0.15) is 5.84 Å². The van der Waals surface area contributed by atoms with E-state index in [0.717, 1.165) is 28.5 Å². The zero-order valence-corrected chi connectivity index (χ0v) is 16.9. The summed E-state index contributed by atoms with van der Waals surface area (Å²) in [6.07, 6.45) is 2.07. The molecule has 0 bridgehead atoms. The Labute approximate surface area is 161 Å². The molecule has 2 aromatic carbocycles. The van der Waals surface area contributed by atoms with Gasteiger partial charge in [-0.05, 0) is 50.1 Å². The minimum Gasteiger partial charge on any atom is -0.493 e. The molecule has 2 aromatic rings. The molecule has 0 aliphatic carbocycles. The van der Waals surface area contributed by atoms with E-state index in [4.69, 9.17) is 14.5 Å². The summed E-state index contributed by atoms with van der Waals surface area (Å²) in [6.45, 7) is 7.02. The lowest BCUT2D eigenvalue weighted by Crippen LogP contribution is -2.39. The third-order valence-electron chi connectivity index (χ3n) is 4.73. The smallest absolute Gasteiger partial charge is 0.161 e. The van der Waals surface area contributed by atoms with Gasteiger partial charge in [0.2, 0.25) is 0 Å². The van der Waals surface area contributed by atoms with E-state index < -0.39 is 0 Å². The molecule has 142 valence electrons. The Morgan fingerprint density at radius 1 is 0.963 bits per heavy atom. The molecule has 0 unspecified atom stereocenters. The number of nitrogens with zero attached hydrogens (tertiary/aromatic N) is 2. The fraction of sp³-hybridized carbons (Fsp3) is 0.318. The fourth-order valence-corrected chi connectivity index (χ4v) is 3.35. The Morgan fingerprint density at radius 2 is 1.63 bits per heavy atom. The van der Waals surface area contributed by atoms with Crippen LogP contribution in [0.15, 0.2) is 41.4 Å². The molecule has 0 fully saturated rings. The van der Waals surface area contributed by atoms with Crippen LogP contribution in [0, 0.1) is 20.8 Å². The molecule has 3 rings (SSSR count). The van der Waals surface area contributed by atoms with Gasteiger partial charge in [0.05, 0.1) is 26.6 Å². The number of hydrogen-bond donors (Lipinski definition) is 1. The first-order valence-corrected chi connectivity index (χ1v) is 8.98. The molecule has 5 heteroatoms. The third-order valence-corrected chi connectivity index (χ3v) is 4.73. The van der Waals surface area contributed by atoms with Gasteiger partial charge < -0.3 is 19.7 Å². The van der Waals surface area contributed by atoms with Gasteiger partial charge in [0.15, 0.2) is 11.5 Å². The average Bonchev–Trinajstić information content (AvgIpc) is 2.65. The van der Waals surface area contributed by atoms with Crippen molar-refractivity contribution < 1.29 is 9.47 Å². The number of aryl methyl sites for hydroxylation is 3. The molecule has 0 spiro atoms. The number of benzene rings is 2. The minimum absolute atomic E-state index is 0.683. The maximum absolute atomic E-state index is 5.43. The van der Waals surface area contributed by atoms with Crippen LogP contribution in [-0.2, 0) is 0 Å². The van der Waals surface area contributed by atoms with Gasteiger partial charge in [-0.3, -0.25) is 0 Å². The van der Waals surface area contributed by atoms with E-state index in [2.05, 4.69) is 49.2 Å². The SMILES string of the molecule is COc1ccc(C2=C/C(=N/c3c(C)cc(C)cc3C)N(C)CN2)cc1OC. The number of methoxy groups -OCH3 is 2. The molecule has 1 aliphatic rings. The summed E-state index contributed by atoms with van der Waals surface area (Å²) in [5.74, 6) is 2.35. The number of nitrogens with one attached hydrogen (secondary N) is 1. The van der Waals surface area contributed by atoms with Crippen molar-refractivity contribution in [2.45, 2.75) is 20.8 Å². The molecule has 0 amide bonds. The summed E-state index contributed by atoms with van der Waals surface area (Å²) in [4.78, 5) is 7.06. The molecule has 1 N–H and O–H groups in total. The van der Waals surface area contributed by atoms with E-state index in [1.807, 2.05) is 25.2 Å². The first-order chi connectivity index (χ1) is 12.9. The number of amidine groups is 1. The van der Waals surface area contributed by atoms with Crippen LogP contribution in [0.25, 0.3) is 5.70 Å². The van der Waals surface area contributed by atoms with Gasteiger partial charge in [-0.15, -0.1) is 0 Å². The Bertz CT molecular complexity index is 893. The Balaban J connectivity index is 2.03. The first kappa shape index (κ1) is 18.8. The number of likely N-dealkylation sites (N-methyl/N-ethyl adjacent to an activating group) is 1. The largest absolute Gasteiger partial charge is 0.493 e. The van der Waals surface area contributed by atoms with E-state index >= 15 is 0 Å². The van der Waals surface area contributed by atoms with Gasteiger partial charge in [0.25, 0.3) is 0 Å². The summed E-state index contributed by atoms with van der Waals surface area (Å²) >= 11 is 0. The van der Waals surface area contributed by atoms with E-state index in [1.54, 1.807) is 14.2 Å². The highest BCUT2D eigenvalue weighted by Gasteiger charge is 2.16. The summed E-state index contributed by atoms with van der Waals surface area (Å²) in [5, 5.41) is 3.44. The predicted octanol–water partition coefficient (Wildman–Crippen LogP) is 4.19. The number of aliphatic imine (C=N–C) groups is 1. The van der Waals surface area contributed by atoms with Crippen LogP contribution >= 0.6 is 0 Å². The number of rotatable bonds is 4. The second kappa shape index (κ2) is 7.74. The van der Waals surface area contributed by atoms with Gasteiger partial charge in [-0.1, -0.05) is 17.7 Å². The van der Waals surface area contributed by atoms with E-state index in [0.29, 0.717) is 12.4 Å². The number of hydrogen-bond acceptors (Lipinski definition) is 4. The highest BCUT2D eigenvalue weighted by Crippen LogP contribution is 2.31. The Kier molecular flexibility index (Phi) is 5.40. The fourth-order valence-electron chi connectivity index (χ4n) is 3.35. The molecular weight excluding hydrogens is 338 g/mol. The Morgan fingerprint density at radius 3 is 2.26 bits per heavy atom. The molecule has 0 atom stereocenters. The normalized spacial score (nSPS) is 15.4. The summed E-state index contributed by atoms with van der Waals surface area (Å²) in [7, 11) is 5.32. The molecule has 1 aliphatic heterocycles. The monoisotopic (exact) mass is 365 g/mol. The standard InChI is InChI=1S/C22H27N3O2/c1-14-9-15(2)22(16(3)10-14)24-21-12-18(23-13-25(21)4)17-7-8-19(26-5)20(11-17)27-6/h7-12,23H,13H2,1-6H3/b24-21-. The van der Waals surface area contributed by atoms with Crippen molar-refractivity contribution in [1.29, 1.82) is 0 Å². The number of ether oxygens (including phenoxy) is 2. The van der Waals surface area contributed by atoms with Crippen molar-refractivity contribution in [3.8, 4) is 11.5 Å². The van der Waals surface area contributed by atoms with Crippen molar-refractivity contribution in [3.05, 3.63) is 58.7 Å². The lowest BCUT2D eigenvalue weighted by Gasteiger charge is -2.28. The van der Waals surface area contributed by atoms with Crippen molar-refractivity contribution in [1.82, 2.24) is 10.2 Å². The third kappa shape index (κ3) is 3.92. The van der Waals surface area contributed by atoms with Crippen LogP contribution in [0.3, 0.4) is 0 Å². The van der Waals surface area contributed by atoms with Crippen LogP contribution < -0.4 is 14.8 Å². The molecule has 0 aromatic heterocycles. The summed E-state index contributed by atoms with van der Waals surface area (Å²) < 4.78 is 10.8. The van der Waals surface area contributed by atoms with Crippen molar-refractivity contribution in [2.24, 2.45) is 4.99 Å². The zero-order valence-electron chi connectivity index (χ0n) is 16.9. The maximum Gasteiger partial charge on any atom is 0.161 e. The van der Waals surface area contributed by atoms with Gasteiger partial charge in [-0.2, -0.15) is 0 Å². The molecule has 0 saturated carbocycles. The van der Waals surface area contributed by atoms with Crippen molar-refractivity contribution >= 4 is 17.2 Å². The lowest BCUT2D eigenvalue weighted by molar-refractivity contribution is 0.355. The molecule has 0 radical (unpaired) electrons. The second-order valence-electron chi connectivity index (χ2n) is 6.88. The lowest BCUT2D eigenvalue weighted by atomic mass is 10.1. The van der Waals surface area contributed by atoms with Crippen molar-refractivity contribution in [2.75, 3.05) is 27.9 Å². The van der Waals surface area contributed by atoms with E-state index in [9.17, 15) is 0 Å².